The van der Waals surface area contributed by atoms with Gasteiger partial charge in [0, 0.05) is 37.8 Å². The molecule has 2 aromatic carbocycles. The molecule has 0 bridgehead atoms. The highest BCUT2D eigenvalue weighted by molar-refractivity contribution is 7.89. The summed E-state index contributed by atoms with van der Waals surface area (Å²) in [5.41, 5.74) is 0.595. The van der Waals surface area contributed by atoms with Crippen LogP contribution in [0.5, 0.6) is 0 Å². The summed E-state index contributed by atoms with van der Waals surface area (Å²) in [5.74, 6) is 0. The molecule has 1 atom stereocenters. The fourth-order valence-corrected chi connectivity index (χ4v) is 5.04. The Morgan fingerprint density at radius 2 is 1.85 bits per heavy atom. The molecule has 26 heavy (non-hydrogen) atoms. The summed E-state index contributed by atoms with van der Waals surface area (Å²) in [4.78, 5) is 12.6. The molecule has 0 radical (unpaired) electrons. The average Bonchev–Trinajstić information content (AvgIpc) is 2.62. The van der Waals surface area contributed by atoms with Crippen molar-refractivity contribution in [3.8, 4) is 0 Å². The molecule has 0 saturated carbocycles. The van der Waals surface area contributed by atoms with Crippen molar-refractivity contribution < 1.29 is 13.3 Å². The number of piperazine rings is 1. The Bertz CT molecular complexity index is 921. The number of sulfonamides is 1. The molecular weight excluding hydrogens is 378 g/mol. The molecule has 1 heterocycles. The number of nitro benzene ring substituents is 1. The van der Waals surface area contributed by atoms with Gasteiger partial charge in [0.05, 0.1) is 20.5 Å². The zero-order valence-corrected chi connectivity index (χ0v) is 15.7. The van der Waals surface area contributed by atoms with Crippen molar-refractivity contribution >= 4 is 33.0 Å². The van der Waals surface area contributed by atoms with E-state index < -0.39 is 14.9 Å². The lowest BCUT2D eigenvalue weighted by atomic mass is 10.2. The van der Waals surface area contributed by atoms with Gasteiger partial charge in [0.1, 0.15) is 0 Å². The van der Waals surface area contributed by atoms with Crippen LogP contribution in [0.25, 0.3) is 0 Å². The molecule has 1 saturated heterocycles. The Labute approximate surface area is 157 Å². The van der Waals surface area contributed by atoms with E-state index in [-0.39, 0.29) is 21.6 Å². The highest BCUT2D eigenvalue weighted by Crippen LogP contribution is 2.32. The van der Waals surface area contributed by atoms with Crippen molar-refractivity contribution in [1.82, 2.24) is 4.31 Å². The third-order valence-corrected chi connectivity index (χ3v) is 6.73. The summed E-state index contributed by atoms with van der Waals surface area (Å²) in [6, 6.07) is 12.4. The number of nitro groups is 1. The minimum atomic E-state index is -3.56. The van der Waals surface area contributed by atoms with Crippen LogP contribution in [0.2, 0.25) is 5.02 Å². The van der Waals surface area contributed by atoms with Crippen LogP contribution in [0, 0.1) is 10.1 Å². The first-order valence-corrected chi connectivity index (χ1v) is 9.88. The quantitative estimate of drug-likeness (QED) is 0.586. The smallest absolute Gasteiger partial charge is 0.271 e. The van der Waals surface area contributed by atoms with E-state index in [0.717, 1.165) is 0 Å². The molecule has 1 aliphatic heterocycles. The Morgan fingerprint density at radius 1 is 1.15 bits per heavy atom. The minimum Gasteiger partial charge on any atom is -0.367 e. The number of benzene rings is 2. The Hall–Kier alpha value is -2.16. The third-order valence-electron chi connectivity index (χ3n) is 4.40. The number of halogens is 1. The number of anilines is 1. The first kappa shape index (κ1) is 18.6. The first-order chi connectivity index (χ1) is 12.3. The molecule has 0 N–H and O–H groups in total. The highest BCUT2D eigenvalue weighted by Gasteiger charge is 2.34. The molecule has 0 aliphatic carbocycles. The maximum absolute atomic E-state index is 12.8. The Morgan fingerprint density at radius 3 is 2.42 bits per heavy atom. The van der Waals surface area contributed by atoms with E-state index in [0.29, 0.717) is 25.3 Å². The molecule has 0 aromatic heterocycles. The zero-order chi connectivity index (χ0) is 18.9. The molecule has 1 aliphatic rings. The van der Waals surface area contributed by atoms with Gasteiger partial charge in [-0.05, 0) is 25.1 Å². The van der Waals surface area contributed by atoms with Crippen LogP contribution in [0.15, 0.2) is 53.4 Å². The molecule has 9 heteroatoms. The number of nitrogens with zero attached hydrogens (tertiary/aromatic N) is 3. The molecule has 138 valence electrons. The van der Waals surface area contributed by atoms with Gasteiger partial charge < -0.3 is 4.90 Å². The molecule has 7 nitrogen and oxygen atoms in total. The summed E-state index contributed by atoms with van der Waals surface area (Å²) in [7, 11) is -3.56. The van der Waals surface area contributed by atoms with Crippen molar-refractivity contribution in [2.75, 3.05) is 24.5 Å². The van der Waals surface area contributed by atoms with Crippen molar-refractivity contribution in [2.45, 2.75) is 17.9 Å². The van der Waals surface area contributed by atoms with E-state index in [1.54, 1.807) is 36.4 Å². The zero-order valence-electron chi connectivity index (χ0n) is 14.1. The van der Waals surface area contributed by atoms with E-state index in [1.807, 2.05) is 11.8 Å². The number of non-ortho nitro benzene ring substituents is 1. The van der Waals surface area contributed by atoms with Gasteiger partial charge in [-0.15, -0.1) is 0 Å². The Kier molecular flexibility index (Phi) is 5.17. The normalized spacial score (nSPS) is 18.7. The average molecular weight is 396 g/mol. The number of rotatable bonds is 4. The predicted octanol–water partition coefficient (Wildman–Crippen LogP) is 3.15. The van der Waals surface area contributed by atoms with Crippen LogP contribution in [0.1, 0.15) is 6.92 Å². The fourth-order valence-electron chi connectivity index (χ4n) is 3.11. The molecule has 0 spiro atoms. The SMILES string of the molecule is C[C@@H]1CN(c2ccc([N+](=O)[O-])cc2Cl)CCN1S(=O)(=O)c1ccccc1. The first-order valence-electron chi connectivity index (χ1n) is 8.06. The summed E-state index contributed by atoms with van der Waals surface area (Å²) in [6.07, 6.45) is 0. The standard InChI is InChI=1S/C17H18ClN3O4S/c1-13-12-19(17-8-7-14(21(22)23)11-16(17)18)9-10-20(13)26(24,25)15-5-3-2-4-6-15/h2-8,11,13H,9-10,12H2,1H3/t13-/m1/s1. The molecule has 0 unspecified atom stereocenters. The molecule has 3 rings (SSSR count). The van der Waals surface area contributed by atoms with Gasteiger partial charge >= 0.3 is 0 Å². The number of hydrogen-bond donors (Lipinski definition) is 0. The summed E-state index contributed by atoms with van der Waals surface area (Å²) < 4.78 is 27.2. The maximum atomic E-state index is 12.8. The molecule has 2 aromatic rings. The van der Waals surface area contributed by atoms with Crippen LogP contribution in [0.3, 0.4) is 0 Å². The highest BCUT2D eigenvalue weighted by atomic mass is 35.5. The van der Waals surface area contributed by atoms with Crippen LogP contribution in [-0.4, -0.2) is 43.3 Å². The van der Waals surface area contributed by atoms with Crippen LogP contribution in [-0.2, 0) is 10.0 Å². The topological polar surface area (TPSA) is 83.8 Å². The van der Waals surface area contributed by atoms with Gasteiger partial charge in [0.2, 0.25) is 10.0 Å². The van der Waals surface area contributed by atoms with Crippen molar-refractivity contribution in [1.29, 1.82) is 0 Å². The lowest BCUT2D eigenvalue weighted by Gasteiger charge is -2.40. The maximum Gasteiger partial charge on any atom is 0.271 e. The van der Waals surface area contributed by atoms with Gasteiger partial charge in [-0.1, -0.05) is 29.8 Å². The van der Waals surface area contributed by atoms with Crippen LogP contribution in [0.4, 0.5) is 11.4 Å². The Balaban J connectivity index is 1.80. The summed E-state index contributed by atoms with van der Waals surface area (Å²) in [5, 5.41) is 11.1. The second-order valence-corrected chi connectivity index (χ2v) is 8.41. The van der Waals surface area contributed by atoms with Crippen molar-refractivity contribution in [3.63, 3.8) is 0 Å². The van der Waals surface area contributed by atoms with Gasteiger partial charge in [-0.25, -0.2) is 8.42 Å². The van der Waals surface area contributed by atoms with Gasteiger partial charge in [-0.3, -0.25) is 10.1 Å². The van der Waals surface area contributed by atoms with E-state index in [2.05, 4.69) is 0 Å². The largest absolute Gasteiger partial charge is 0.367 e. The van der Waals surface area contributed by atoms with Crippen LogP contribution < -0.4 is 4.90 Å². The van der Waals surface area contributed by atoms with E-state index in [9.17, 15) is 18.5 Å². The second kappa shape index (κ2) is 7.22. The van der Waals surface area contributed by atoms with Gasteiger partial charge in [0.25, 0.3) is 5.69 Å². The van der Waals surface area contributed by atoms with Crippen molar-refractivity contribution in [3.05, 3.63) is 63.7 Å². The molecule has 0 amide bonds. The van der Waals surface area contributed by atoms with E-state index in [4.69, 9.17) is 11.6 Å². The summed E-state index contributed by atoms with van der Waals surface area (Å²) >= 11 is 6.20. The third kappa shape index (κ3) is 3.53. The monoisotopic (exact) mass is 395 g/mol. The van der Waals surface area contributed by atoms with E-state index >= 15 is 0 Å². The summed E-state index contributed by atoms with van der Waals surface area (Å²) in [6.45, 7) is 3.05. The lowest BCUT2D eigenvalue weighted by Crippen LogP contribution is -2.54. The van der Waals surface area contributed by atoms with Crippen LogP contribution >= 0.6 is 11.6 Å². The molecular formula is C17H18ClN3O4S. The fraction of sp³-hybridized carbons (Fsp3) is 0.294. The predicted molar refractivity (Wildman–Crippen MR) is 100 cm³/mol. The van der Waals surface area contributed by atoms with E-state index in [1.165, 1.54) is 16.4 Å². The van der Waals surface area contributed by atoms with Gasteiger partial charge in [-0.2, -0.15) is 4.31 Å². The number of hydrogen-bond acceptors (Lipinski definition) is 5. The molecule has 1 fully saturated rings. The lowest BCUT2D eigenvalue weighted by molar-refractivity contribution is -0.384. The second-order valence-electron chi connectivity index (χ2n) is 6.12. The minimum absolute atomic E-state index is 0.0721. The van der Waals surface area contributed by atoms with Crippen molar-refractivity contribution in [2.24, 2.45) is 0 Å². The van der Waals surface area contributed by atoms with Gasteiger partial charge in [0.15, 0.2) is 0 Å².